The summed E-state index contributed by atoms with van der Waals surface area (Å²) >= 11 is 0. The van der Waals surface area contributed by atoms with E-state index in [9.17, 15) is 9.59 Å². The Bertz CT molecular complexity index is 592. The van der Waals surface area contributed by atoms with E-state index in [-0.39, 0.29) is 0 Å². The molecular formula is C15H18N2O3. The van der Waals surface area contributed by atoms with Gasteiger partial charge in [-0.1, -0.05) is 25.1 Å². The molecule has 0 aliphatic heterocycles. The summed E-state index contributed by atoms with van der Waals surface area (Å²) in [4.78, 5) is 25.7. The molecule has 0 radical (unpaired) electrons. The van der Waals surface area contributed by atoms with Gasteiger partial charge in [-0.05, 0) is 18.1 Å². The standard InChI is InChI=1S/C15H18N2O3/c1-2-7-20-15(19)14(17-10-18)8-11-9-16-13-6-4-3-5-12(11)13/h3-6,9-10,14,16H,2,7-8H2,1H3,(H,17,18)/t14-/m0/s1. The molecule has 0 aliphatic rings. The lowest BCUT2D eigenvalue weighted by Crippen LogP contribution is -2.39. The lowest BCUT2D eigenvalue weighted by Gasteiger charge is -2.14. The Hall–Kier alpha value is -2.30. The molecule has 0 saturated heterocycles. The van der Waals surface area contributed by atoms with Gasteiger partial charge in [0.1, 0.15) is 6.04 Å². The number of para-hydroxylation sites is 1. The minimum absolute atomic E-state index is 0.365. The highest BCUT2D eigenvalue weighted by atomic mass is 16.5. The van der Waals surface area contributed by atoms with Gasteiger partial charge in [0.05, 0.1) is 6.61 Å². The number of esters is 1. The average molecular weight is 274 g/mol. The molecule has 5 heteroatoms. The summed E-state index contributed by atoms with van der Waals surface area (Å²) in [6.45, 7) is 2.29. The van der Waals surface area contributed by atoms with Gasteiger partial charge >= 0.3 is 5.97 Å². The molecule has 106 valence electrons. The molecule has 1 amide bonds. The second-order valence-corrected chi connectivity index (χ2v) is 4.57. The SMILES string of the molecule is CCCOC(=O)[C@H](Cc1c[nH]c2ccccc12)NC=O. The number of ether oxygens (including phenoxy) is 1. The Morgan fingerprint density at radius 3 is 3.00 bits per heavy atom. The first kappa shape index (κ1) is 14.1. The Morgan fingerprint density at radius 1 is 1.45 bits per heavy atom. The van der Waals surface area contributed by atoms with Crippen molar-refractivity contribution in [3.05, 3.63) is 36.0 Å². The molecule has 0 spiro atoms. The van der Waals surface area contributed by atoms with Crippen LogP contribution >= 0.6 is 0 Å². The van der Waals surface area contributed by atoms with Crippen LogP contribution < -0.4 is 5.32 Å². The number of hydrogen-bond acceptors (Lipinski definition) is 3. The highest BCUT2D eigenvalue weighted by Crippen LogP contribution is 2.19. The number of amides is 1. The largest absolute Gasteiger partial charge is 0.464 e. The number of carbonyl (C=O) groups is 2. The van der Waals surface area contributed by atoms with Gasteiger partial charge in [-0.3, -0.25) is 4.79 Å². The average Bonchev–Trinajstić information content (AvgIpc) is 2.87. The monoisotopic (exact) mass is 274 g/mol. The Balaban J connectivity index is 2.15. The smallest absolute Gasteiger partial charge is 0.328 e. The molecule has 2 aromatic rings. The van der Waals surface area contributed by atoms with Crippen LogP contribution in [-0.2, 0) is 20.7 Å². The third-order valence-corrected chi connectivity index (χ3v) is 3.10. The van der Waals surface area contributed by atoms with Gasteiger partial charge in [-0.15, -0.1) is 0 Å². The minimum Gasteiger partial charge on any atom is -0.464 e. The summed E-state index contributed by atoms with van der Waals surface area (Å²) in [5.74, 6) is -0.399. The van der Waals surface area contributed by atoms with Gasteiger partial charge < -0.3 is 15.0 Å². The van der Waals surface area contributed by atoms with Gasteiger partial charge in [0.2, 0.25) is 6.41 Å². The molecule has 2 rings (SSSR count). The molecule has 5 nitrogen and oxygen atoms in total. The normalized spacial score (nSPS) is 12.1. The van der Waals surface area contributed by atoms with E-state index in [1.54, 1.807) is 0 Å². The number of aromatic amines is 1. The molecule has 20 heavy (non-hydrogen) atoms. The molecule has 1 aromatic heterocycles. The number of hydrogen-bond donors (Lipinski definition) is 2. The second kappa shape index (κ2) is 6.75. The summed E-state index contributed by atoms with van der Waals surface area (Å²) in [6, 6.07) is 7.18. The first-order chi connectivity index (χ1) is 9.76. The zero-order valence-electron chi connectivity index (χ0n) is 11.4. The number of nitrogens with one attached hydrogen (secondary N) is 2. The molecule has 1 heterocycles. The fourth-order valence-electron chi connectivity index (χ4n) is 2.12. The molecule has 0 bridgehead atoms. The second-order valence-electron chi connectivity index (χ2n) is 4.57. The Kier molecular flexibility index (Phi) is 4.76. The lowest BCUT2D eigenvalue weighted by molar-refractivity contribution is -0.147. The third-order valence-electron chi connectivity index (χ3n) is 3.10. The number of fused-ring (bicyclic) bond motifs is 1. The van der Waals surface area contributed by atoms with Crippen LogP contribution in [0.2, 0.25) is 0 Å². The molecule has 0 fully saturated rings. The molecule has 2 N–H and O–H groups in total. The number of benzene rings is 1. The number of H-pyrrole nitrogens is 1. The van der Waals surface area contributed by atoms with Crippen molar-refractivity contribution < 1.29 is 14.3 Å². The van der Waals surface area contributed by atoms with Gasteiger partial charge in [-0.2, -0.15) is 0 Å². The van der Waals surface area contributed by atoms with Crippen LogP contribution in [0.15, 0.2) is 30.5 Å². The number of rotatable bonds is 7. The Labute approximate surface area is 117 Å². The van der Waals surface area contributed by atoms with Gasteiger partial charge in [0.25, 0.3) is 0 Å². The number of aromatic nitrogens is 1. The molecule has 1 aromatic carbocycles. The van der Waals surface area contributed by atoms with Crippen molar-refractivity contribution in [1.29, 1.82) is 0 Å². The van der Waals surface area contributed by atoms with E-state index in [0.717, 1.165) is 22.9 Å². The van der Waals surface area contributed by atoms with E-state index in [2.05, 4.69) is 10.3 Å². The van der Waals surface area contributed by atoms with Crippen molar-refractivity contribution in [2.24, 2.45) is 0 Å². The van der Waals surface area contributed by atoms with Crippen LogP contribution in [0.25, 0.3) is 10.9 Å². The molecule has 1 atom stereocenters. The van der Waals surface area contributed by atoms with Crippen LogP contribution in [0.3, 0.4) is 0 Å². The summed E-state index contributed by atoms with van der Waals surface area (Å²) in [5.41, 5.74) is 1.99. The summed E-state index contributed by atoms with van der Waals surface area (Å²) < 4.78 is 5.10. The quantitative estimate of drug-likeness (QED) is 0.597. The predicted molar refractivity (Wildman–Crippen MR) is 76.2 cm³/mol. The fourth-order valence-corrected chi connectivity index (χ4v) is 2.12. The molecule has 0 aliphatic carbocycles. The maximum atomic E-state index is 11.9. The van der Waals surface area contributed by atoms with E-state index in [1.165, 1.54) is 0 Å². The number of carbonyl (C=O) groups excluding carboxylic acids is 2. The van der Waals surface area contributed by atoms with E-state index in [4.69, 9.17) is 4.74 Å². The summed E-state index contributed by atoms with van der Waals surface area (Å²) in [6.07, 6.45) is 3.56. The predicted octanol–water partition coefficient (Wildman–Crippen LogP) is 1.78. The first-order valence-corrected chi connectivity index (χ1v) is 6.67. The summed E-state index contributed by atoms with van der Waals surface area (Å²) in [5, 5.41) is 3.57. The van der Waals surface area contributed by atoms with E-state index in [0.29, 0.717) is 19.4 Å². The van der Waals surface area contributed by atoms with Crippen LogP contribution in [0.4, 0.5) is 0 Å². The van der Waals surface area contributed by atoms with E-state index >= 15 is 0 Å². The maximum absolute atomic E-state index is 11.9. The maximum Gasteiger partial charge on any atom is 0.328 e. The lowest BCUT2D eigenvalue weighted by atomic mass is 10.1. The van der Waals surface area contributed by atoms with Gasteiger partial charge in [-0.25, -0.2) is 4.79 Å². The van der Waals surface area contributed by atoms with E-state index < -0.39 is 12.0 Å². The van der Waals surface area contributed by atoms with E-state index in [1.807, 2.05) is 37.4 Å². The third kappa shape index (κ3) is 3.17. The van der Waals surface area contributed by atoms with Crippen molar-refractivity contribution in [2.45, 2.75) is 25.8 Å². The first-order valence-electron chi connectivity index (χ1n) is 6.67. The van der Waals surface area contributed by atoms with Crippen molar-refractivity contribution in [3.63, 3.8) is 0 Å². The van der Waals surface area contributed by atoms with Crippen LogP contribution in [0, 0.1) is 0 Å². The minimum atomic E-state index is -0.654. The van der Waals surface area contributed by atoms with Crippen LogP contribution in [0.5, 0.6) is 0 Å². The highest BCUT2D eigenvalue weighted by Gasteiger charge is 2.21. The fraction of sp³-hybridized carbons (Fsp3) is 0.333. The molecule has 0 unspecified atom stereocenters. The van der Waals surface area contributed by atoms with Crippen LogP contribution in [0.1, 0.15) is 18.9 Å². The molecular weight excluding hydrogens is 256 g/mol. The Morgan fingerprint density at radius 2 is 2.25 bits per heavy atom. The van der Waals surface area contributed by atoms with Gasteiger partial charge in [0.15, 0.2) is 0 Å². The zero-order chi connectivity index (χ0) is 14.4. The van der Waals surface area contributed by atoms with Crippen molar-refractivity contribution >= 4 is 23.3 Å². The van der Waals surface area contributed by atoms with Crippen molar-refractivity contribution in [2.75, 3.05) is 6.61 Å². The zero-order valence-corrected chi connectivity index (χ0v) is 11.4. The topological polar surface area (TPSA) is 71.2 Å². The van der Waals surface area contributed by atoms with Gasteiger partial charge in [0, 0.05) is 23.5 Å². The molecule has 0 saturated carbocycles. The summed E-state index contributed by atoms with van der Waals surface area (Å²) in [7, 11) is 0. The van der Waals surface area contributed by atoms with Crippen LogP contribution in [-0.4, -0.2) is 30.0 Å². The van der Waals surface area contributed by atoms with Crippen molar-refractivity contribution in [1.82, 2.24) is 10.3 Å². The highest BCUT2D eigenvalue weighted by molar-refractivity contribution is 5.85. The van der Waals surface area contributed by atoms with Crippen molar-refractivity contribution in [3.8, 4) is 0 Å².